The summed E-state index contributed by atoms with van der Waals surface area (Å²) in [6.07, 6.45) is 0.596. The van der Waals surface area contributed by atoms with Gasteiger partial charge in [0.1, 0.15) is 0 Å². The van der Waals surface area contributed by atoms with Gasteiger partial charge in [0.05, 0.1) is 5.66 Å². The van der Waals surface area contributed by atoms with Gasteiger partial charge in [0.2, 0.25) is 0 Å². The van der Waals surface area contributed by atoms with E-state index < -0.39 is 0 Å². The number of carbonyl (C=O) groups is 1. The number of hydrogen-bond acceptors (Lipinski definition) is 3. The highest BCUT2D eigenvalue weighted by molar-refractivity contribution is 6.43. The first-order chi connectivity index (χ1) is 4.36. The molecule has 1 aromatic rings. The van der Waals surface area contributed by atoms with E-state index in [4.69, 9.17) is 9.44 Å². The van der Waals surface area contributed by atoms with Gasteiger partial charge in [-0.3, -0.25) is 4.79 Å². The highest BCUT2D eigenvalue weighted by atomic mass is 16.4. The van der Waals surface area contributed by atoms with E-state index >= 15 is 0 Å². The SMILES string of the molecule is O=Cc1ccc(BO)o1. The van der Waals surface area contributed by atoms with Crippen molar-refractivity contribution in [3.8, 4) is 0 Å². The van der Waals surface area contributed by atoms with Gasteiger partial charge in [-0.2, -0.15) is 0 Å². The third kappa shape index (κ3) is 1.20. The lowest BCUT2D eigenvalue weighted by molar-refractivity contribution is 0.110. The van der Waals surface area contributed by atoms with Crippen LogP contribution < -0.4 is 5.66 Å². The Balaban J connectivity index is 2.86. The Bertz CT molecular complexity index is 206. The molecule has 0 aliphatic heterocycles. The van der Waals surface area contributed by atoms with E-state index in [2.05, 4.69) is 0 Å². The van der Waals surface area contributed by atoms with Crippen LogP contribution in [0.15, 0.2) is 16.5 Å². The summed E-state index contributed by atoms with van der Waals surface area (Å²) in [5.74, 6) is 0.249. The molecule has 0 aromatic carbocycles. The molecular weight excluding hydrogens is 119 g/mol. The predicted molar refractivity (Wildman–Crippen MR) is 33.1 cm³/mol. The molecule has 0 aliphatic carbocycles. The fraction of sp³-hybridized carbons (Fsp3) is 0. The number of rotatable bonds is 2. The molecule has 1 aromatic heterocycles. The molecule has 1 N–H and O–H groups in total. The third-order valence-corrected chi connectivity index (χ3v) is 0.954. The minimum absolute atomic E-state index is 0.159. The summed E-state index contributed by atoms with van der Waals surface area (Å²) >= 11 is 0. The fourth-order valence-electron chi connectivity index (χ4n) is 0.543. The average molecular weight is 124 g/mol. The highest BCUT2D eigenvalue weighted by Crippen LogP contribution is 1.90. The standard InChI is InChI=1S/C5H5BO3/c7-3-4-1-2-5(6-8)9-4/h1-3,6,8H. The number of hydrogen-bond donors (Lipinski definition) is 1. The van der Waals surface area contributed by atoms with Gasteiger partial charge in [-0.05, 0) is 12.1 Å². The summed E-state index contributed by atoms with van der Waals surface area (Å²) in [5, 5.41) is 8.44. The summed E-state index contributed by atoms with van der Waals surface area (Å²) in [6, 6.07) is 3.07. The van der Waals surface area contributed by atoms with Crippen molar-refractivity contribution in [3.63, 3.8) is 0 Å². The second-order valence-corrected chi connectivity index (χ2v) is 1.58. The smallest absolute Gasteiger partial charge is 0.347 e. The molecule has 0 bridgehead atoms. The van der Waals surface area contributed by atoms with E-state index in [-0.39, 0.29) is 13.2 Å². The van der Waals surface area contributed by atoms with Crippen molar-refractivity contribution in [3.05, 3.63) is 17.9 Å². The Labute approximate surface area is 52.6 Å². The van der Waals surface area contributed by atoms with Crippen molar-refractivity contribution in [1.82, 2.24) is 0 Å². The third-order valence-electron chi connectivity index (χ3n) is 0.954. The Kier molecular flexibility index (Phi) is 1.70. The van der Waals surface area contributed by atoms with E-state index in [1.807, 2.05) is 0 Å². The van der Waals surface area contributed by atoms with Crippen LogP contribution >= 0.6 is 0 Å². The van der Waals surface area contributed by atoms with Gasteiger partial charge in [0.25, 0.3) is 0 Å². The van der Waals surface area contributed by atoms with Crippen LogP contribution in [0.4, 0.5) is 0 Å². The Morgan fingerprint density at radius 2 is 2.44 bits per heavy atom. The molecule has 0 amide bonds. The maximum absolute atomic E-state index is 9.96. The van der Waals surface area contributed by atoms with Crippen LogP contribution in [0.25, 0.3) is 0 Å². The Hall–Kier alpha value is -1.03. The molecule has 9 heavy (non-hydrogen) atoms. The van der Waals surface area contributed by atoms with Gasteiger partial charge in [0, 0.05) is 0 Å². The molecule has 0 radical (unpaired) electrons. The molecule has 0 saturated heterocycles. The van der Waals surface area contributed by atoms with Gasteiger partial charge < -0.3 is 9.44 Å². The fourth-order valence-corrected chi connectivity index (χ4v) is 0.543. The topological polar surface area (TPSA) is 50.4 Å². The van der Waals surface area contributed by atoms with Crippen LogP contribution in [0.1, 0.15) is 10.6 Å². The van der Waals surface area contributed by atoms with E-state index in [1.54, 1.807) is 6.07 Å². The van der Waals surface area contributed by atoms with Gasteiger partial charge in [0.15, 0.2) is 12.0 Å². The van der Waals surface area contributed by atoms with E-state index in [0.717, 1.165) is 0 Å². The van der Waals surface area contributed by atoms with Crippen molar-refractivity contribution in [2.45, 2.75) is 0 Å². The van der Waals surface area contributed by atoms with Crippen LogP contribution in [-0.2, 0) is 0 Å². The van der Waals surface area contributed by atoms with Crippen molar-refractivity contribution in [2.24, 2.45) is 0 Å². The Morgan fingerprint density at radius 1 is 1.67 bits per heavy atom. The maximum atomic E-state index is 9.96. The first kappa shape index (κ1) is 6.10. The minimum Gasteiger partial charge on any atom is -0.466 e. The largest absolute Gasteiger partial charge is 0.466 e. The van der Waals surface area contributed by atoms with Crippen LogP contribution in [0.3, 0.4) is 0 Å². The molecule has 0 atom stereocenters. The van der Waals surface area contributed by atoms with Crippen LogP contribution in [0.5, 0.6) is 0 Å². The molecule has 1 heterocycles. The molecule has 3 nitrogen and oxygen atoms in total. The lowest BCUT2D eigenvalue weighted by Gasteiger charge is -1.80. The summed E-state index contributed by atoms with van der Waals surface area (Å²) in [4.78, 5) is 9.96. The number of furan rings is 1. The van der Waals surface area contributed by atoms with Crippen LogP contribution in [0, 0.1) is 0 Å². The summed E-state index contributed by atoms with van der Waals surface area (Å²) in [6.45, 7) is 0. The average Bonchev–Trinajstić information content (AvgIpc) is 2.34. The molecule has 0 spiro atoms. The van der Waals surface area contributed by atoms with Crippen molar-refractivity contribution in [1.29, 1.82) is 0 Å². The zero-order valence-corrected chi connectivity index (χ0v) is 4.70. The van der Waals surface area contributed by atoms with Gasteiger partial charge in [-0.1, -0.05) is 0 Å². The summed E-state index contributed by atoms with van der Waals surface area (Å²) in [7, 11) is -0.159. The summed E-state index contributed by atoms with van der Waals surface area (Å²) in [5.41, 5.74) is 0.414. The summed E-state index contributed by atoms with van der Waals surface area (Å²) < 4.78 is 4.76. The highest BCUT2D eigenvalue weighted by Gasteiger charge is 1.98. The van der Waals surface area contributed by atoms with E-state index in [9.17, 15) is 4.79 Å². The molecule has 0 saturated carbocycles. The lowest BCUT2D eigenvalue weighted by Crippen LogP contribution is -2.09. The van der Waals surface area contributed by atoms with E-state index in [0.29, 0.717) is 11.9 Å². The monoisotopic (exact) mass is 124 g/mol. The lowest BCUT2D eigenvalue weighted by atomic mass is 9.99. The zero-order valence-electron chi connectivity index (χ0n) is 4.70. The van der Waals surface area contributed by atoms with Crippen molar-refractivity contribution < 1.29 is 14.2 Å². The van der Waals surface area contributed by atoms with Crippen LogP contribution in [0.2, 0.25) is 0 Å². The molecule has 0 fully saturated rings. The Morgan fingerprint density at radius 3 is 2.78 bits per heavy atom. The van der Waals surface area contributed by atoms with Crippen LogP contribution in [-0.4, -0.2) is 18.8 Å². The minimum atomic E-state index is -0.159. The normalized spacial score (nSPS) is 9.00. The second kappa shape index (κ2) is 2.50. The zero-order chi connectivity index (χ0) is 6.69. The maximum Gasteiger partial charge on any atom is 0.347 e. The molecule has 0 aliphatic rings. The molecule has 0 unspecified atom stereocenters. The first-order valence-corrected chi connectivity index (χ1v) is 2.51. The molecule has 1 rings (SSSR count). The number of aldehydes is 1. The molecular formula is C5H5BO3. The second-order valence-electron chi connectivity index (χ2n) is 1.58. The predicted octanol–water partition coefficient (Wildman–Crippen LogP) is -0.939. The first-order valence-electron chi connectivity index (χ1n) is 2.51. The van der Waals surface area contributed by atoms with Crippen molar-refractivity contribution >= 4 is 19.4 Å². The molecule has 46 valence electrons. The van der Waals surface area contributed by atoms with Gasteiger partial charge in [-0.15, -0.1) is 0 Å². The quantitative estimate of drug-likeness (QED) is 0.408. The van der Waals surface area contributed by atoms with E-state index in [1.165, 1.54) is 6.07 Å². The van der Waals surface area contributed by atoms with Gasteiger partial charge in [-0.25, -0.2) is 0 Å². The molecule has 4 heteroatoms. The van der Waals surface area contributed by atoms with Crippen molar-refractivity contribution in [2.75, 3.05) is 0 Å². The number of carbonyl (C=O) groups excluding carboxylic acids is 1. The van der Waals surface area contributed by atoms with Gasteiger partial charge >= 0.3 is 7.48 Å².